The molecule has 0 nitrogen and oxygen atoms in total. The standard InChI is InChI=1S/C3H7.BrH.2ClH.3Sn/c1-3-2;;;;;;/h1,3H2,2H3;3*1H;;;/q;;;;;+1;+2/p-3. The zero-order valence-electron chi connectivity index (χ0n) is 5.05. The first kappa shape index (κ1) is 18.3. The minimum atomic E-state index is -0.826. The van der Waals surface area contributed by atoms with Crippen LogP contribution < -0.4 is 0 Å². The zero-order chi connectivity index (χ0) is 8.12. The summed E-state index contributed by atoms with van der Waals surface area (Å²) >= 11 is 5.23. The predicted octanol–water partition coefficient (Wildman–Crippen LogP) is 2.45. The van der Waals surface area contributed by atoms with Crippen molar-refractivity contribution in [3.05, 3.63) is 0 Å². The molecule has 0 unspecified atom stereocenters. The topological polar surface area (TPSA) is 0 Å². The molecule has 0 N–H and O–H groups in total. The number of halogens is 3. The molecule has 0 aliphatic carbocycles. The van der Waals surface area contributed by atoms with E-state index < -0.39 is 18.9 Å². The quantitative estimate of drug-likeness (QED) is 0.441. The third-order valence-electron chi connectivity index (χ3n) is 0.250. The minimum absolute atomic E-state index is 0.826. The van der Waals surface area contributed by atoms with E-state index in [1.165, 1.54) is 31.2 Å². The molecule has 0 bridgehead atoms. The monoisotopic (exact) mass is 552 g/mol. The van der Waals surface area contributed by atoms with Crippen LogP contribution in [0.1, 0.15) is 13.3 Å². The van der Waals surface area contributed by atoms with Crippen molar-refractivity contribution in [2.24, 2.45) is 0 Å². The van der Waals surface area contributed by atoms with Gasteiger partial charge in [0.1, 0.15) is 0 Å². The maximum atomic E-state index is 4.93. The van der Waals surface area contributed by atoms with Crippen molar-refractivity contribution in [3.63, 3.8) is 0 Å². The molecule has 0 saturated carbocycles. The van der Waals surface area contributed by atoms with Crippen LogP contribution in [-0.2, 0) is 0 Å². The van der Waals surface area contributed by atoms with Crippen molar-refractivity contribution in [1.29, 1.82) is 0 Å². The second-order valence-electron chi connectivity index (χ2n) is 0.821. The van der Waals surface area contributed by atoms with Gasteiger partial charge < -0.3 is 0 Å². The third kappa shape index (κ3) is 51.6. The van der Waals surface area contributed by atoms with Gasteiger partial charge in [-0.3, -0.25) is 0 Å². The first-order valence-corrected chi connectivity index (χ1v) is 17.8. The van der Waals surface area contributed by atoms with Crippen LogP contribution >= 0.6 is 30.5 Å². The average Bonchev–Trinajstić information content (AvgIpc) is 1.94. The Morgan fingerprint density at radius 3 is 1.56 bits per heavy atom. The molecular weight excluding hydrogens is 543 g/mol. The summed E-state index contributed by atoms with van der Waals surface area (Å²) in [6, 6.07) is 0. The van der Waals surface area contributed by atoms with Gasteiger partial charge in [-0.1, -0.05) is 0 Å². The fourth-order valence-electron chi connectivity index (χ4n) is 0. The summed E-state index contributed by atoms with van der Waals surface area (Å²) in [6.45, 7) is 2.20. The van der Waals surface area contributed by atoms with Gasteiger partial charge in [0.05, 0.1) is 0 Å². The Hall–Kier alpha value is 3.46. The van der Waals surface area contributed by atoms with Crippen molar-refractivity contribution < 1.29 is 0 Å². The second kappa shape index (κ2) is 30.0. The molecule has 0 amide bonds. The zero-order valence-corrected chi connectivity index (χ0v) is 16.7. The molecule has 0 saturated heterocycles. The third-order valence-corrected chi connectivity index (χ3v) is 1.68. The number of rotatable bonds is 1. The van der Waals surface area contributed by atoms with Crippen LogP contribution in [0, 0.1) is 0 Å². The Morgan fingerprint density at radius 2 is 1.56 bits per heavy atom. The van der Waals surface area contributed by atoms with Crippen LogP contribution in [0.5, 0.6) is 0 Å². The van der Waals surface area contributed by atoms with E-state index in [2.05, 4.69) is 19.6 Å². The Labute approximate surface area is 108 Å². The van der Waals surface area contributed by atoms with E-state index in [-0.39, 0.29) is 0 Å². The molecule has 9 heavy (non-hydrogen) atoms. The molecule has 0 aromatic heterocycles. The van der Waals surface area contributed by atoms with E-state index in [1.54, 1.807) is 22.5 Å². The fourth-order valence-corrected chi connectivity index (χ4v) is 0. The molecule has 0 rings (SSSR count). The van der Waals surface area contributed by atoms with E-state index >= 15 is 0 Å². The summed E-state index contributed by atoms with van der Waals surface area (Å²) in [4.78, 5) is 0. The summed E-state index contributed by atoms with van der Waals surface area (Å²) < 4.78 is 1.41. The molecule has 8 radical (unpaired) electrons. The number of hydrogen-bond donors (Lipinski definition) is 0. The molecule has 0 spiro atoms. The van der Waals surface area contributed by atoms with Crippen LogP contribution in [0.4, 0.5) is 0 Å². The van der Waals surface area contributed by atoms with Crippen LogP contribution in [0.25, 0.3) is 0 Å². The molecule has 0 heterocycles. The van der Waals surface area contributed by atoms with Gasteiger partial charge in [0.2, 0.25) is 0 Å². The predicted molar refractivity (Wildman–Crippen MR) is 53.0 cm³/mol. The van der Waals surface area contributed by atoms with E-state index in [4.69, 9.17) is 17.8 Å². The normalized spacial score (nSPS) is 6.00. The summed E-state index contributed by atoms with van der Waals surface area (Å²) in [6.07, 6.45) is 1.36. The molecule has 52 valence electrons. The van der Waals surface area contributed by atoms with Gasteiger partial charge in [-0.25, -0.2) is 0 Å². The van der Waals surface area contributed by atoms with E-state index in [0.717, 1.165) is 0 Å². The van der Waals surface area contributed by atoms with Gasteiger partial charge in [0.25, 0.3) is 0 Å². The summed E-state index contributed by atoms with van der Waals surface area (Å²) in [5, 5.41) is 0. The van der Waals surface area contributed by atoms with E-state index in [9.17, 15) is 0 Å². The van der Waals surface area contributed by atoms with Crippen LogP contribution in [0.15, 0.2) is 0 Å². The first-order valence-electron chi connectivity index (χ1n) is 2.13. The molecule has 0 atom stereocenters. The van der Waals surface area contributed by atoms with Crippen molar-refractivity contribution in [1.82, 2.24) is 0 Å². The Kier molecular flexibility index (Phi) is 61.0. The SMILES string of the molecule is CC[CH2][Sn].[Br][Sn].[Cl][Sn][Cl]. The molecule has 6 heteroatoms. The summed E-state index contributed by atoms with van der Waals surface area (Å²) in [5.74, 6) is 0. The summed E-state index contributed by atoms with van der Waals surface area (Å²) in [5.41, 5.74) is 0. The Balaban J connectivity index is -0.0000000646. The van der Waals surface area contributed by atoms with E-state index in [1.807, 2.05) is 0 Å². The van der Waals surface area contributed by atoms with E-state index in [0.29, 0.717) is 0 Å². The maximum absolute atomic E-state index is 4.93. The van der Waals surface area contributed by atoms with Crippen LogP contribution in [0.3, 0.4) is 0 Å². The molecule has 0 aromatic carbocycles. The first-order chi connectivity index (χ1) is 4.33. The van der Waals surface area contributed by atoms with Crippen LogP contribution in [-0.4, -0.2) is 61.7 Å². The second-order valence-corrected chi connectivity index (χ2v) is 6.49. The van der Waals surface area contributed by atoms with Gasteiger partial charge in [-0.2, -0.15) is 0 Å². The summed E-state index contributed by atoms with van der Waals surface area (Å²) in [7, 11) is 9.87. The Bertz CT molecular complexity index is 24.5. The van der Waals surface area contributed by atoms with Crippen molar-refractivity contribution in [3.8, 4) is 0 Å². The number of hydrogen-bond acceptors (Lipinski definition) is 0. The van der Waals surface area contributed by atoms with Gasteiger partial charge in [-0.05, 0) is 0 Å². The molecule has 0 aromatic rings. The van der Waals surface area contributed by atoms with Crippen molar-refractivity contribution in [2.75, 3.05) is 0 Å². The van der Waals surface area contributed by atoms with Gasteiger partial charge >= 0.3 is 110 Å². The fraction of sp³-hybridized carbons (Fsp3) is 1.00. The van der Waals surface area contributed by atoms with Crippen LogP contribution in [0.2, 0.25) is 4.44 Å². The Morgan fingerprint density at radius 1 is 1.44 bits per heavy atom. The molecule has 0 aliphatic heterocycles. The van der Waals surface area contributed by atoms with Gasteiger partial charge in [0, 0.05) is 0 Å². The molecule has 0 aliphatic rings. The average molecular weight is 550 g/mol. The molecular formula is C3H7BrCl2Sn3. The van der Waals surface area contributed by atoms with Gasteiger partial charge in [-0.15, -0.1) is 0 Å². The van der Waals surface area contributed by atoms with Gasteiger partial charge in [0.15, 0.2) is 0 Å². The van der Waals surface area contributed by atoms with Crippen molar-refractivity contribution >= 4 is 92.3 Å². The van der Waals surface area contributed by atoms with Crippen molar-refractivity contribution in [2.45, 2.75) is 17.8 Å². The molecule has 0 fully saturated rings.